The molecule has 2 aliphatic rings. The molecule has 1 nitrogen and oxygen atoms in total. The van der Waals surface area contributed by atoms with Crippen LogP contribution in [-0.4, -0.2) is 12.2 Å². The van der Waals surface area contributed by atoms with Crippen molar-refractivity contribution in [2.24, 2.45) is 11.8 Å². The van der Waals surface area contributed by atoms with Crippen molar-refractivity contribution in [3.63, 3.8) is 0 Å². The van der Waals surface area contributed by atoms with Gasteiger partial charge >= 0.3 is 0 Å². The third-order valence-corrected chi connectivity index (χ3v) is 3.23. The summed E-state index contributed by atoms with van der Waals surface area (Å²) in [5.74, 6) is 1.78. The maximum atomic E-state index is 5.52. The third-order valence-electron chi connectivity index (χ3n) is 3.23. The summed E-state index contributed by atoms with van der Waals surface area (Å²) in [4.78, 5) is 0. The molecule has 1 saturated heterocycles. The van der Waals surface area contributed by atoms with Crippen molar-refractivity contribution in [2.45, 2.75) is 45.3 Å². The topological polar surface area (TPSA) is 12.5 Å². The van der Waals surface area contributed by atoms with Crippen molar-refractivity contribution in [1.29, 1.82) is 0 Å². The summed E-state index contributed by atoms with van der Waals surface area (Å²) in [5.41, 5.74) is 0. The second kappa shape index (κ2) is 2.23. The van der Waals surface area contributed by atoms with Gasteiger partial charge in [-0.05, 0) is 24.7 Å². The molecule has 1 heterocycles. The molecule has 0 radical (unpaired) electrons. The summed E-state index contributed by atoms with van der Waals surface area (Å²) in [7, 11) is 0. The van der Waals surface area contributed by atoms with E-state index in [1.807, 2.05) is 0 Å². The van der Waals surface area contributed by atoms with Crippen LogP contribution in [0.1, 0.15) is 33.1 Å². The molecule has 0 aromatic carbocycles. The zero-order valence-corrected chi connectivity index (χ0v) is 6.84. The third kappa shape index (κ3) is 0.878. The molecule has 0 aromatic heterocycles. The molecule has 1 aliphatic heterocycles. The summed E-state index contributed by atoms with van der Waals surface area (Å²) >= 11 is 0. The number of epoxide rings is 1. The van der Waals surface area contributed by atoms with Gasteiger partial charge in [0.1, 0.15) is 0 Å². The molecule has 0 N–H and O–H groups in total. The Hall–Kier alpha value is -0.0400. The Kier molecular flexibility index (Phi) is 1.48. The van der Waals surface area contributed by atoms with E-state index in [-0.39, 0.29) is 0 Å². The van der Waals surface area contributed by atoms with Crippen LogP contribution in [0.15, 0.2) is 0 Å². The Morgan fingerprint density at radius 2 is 2.20 bits per heavy atom. The molecule has 4 unspecified atom stereocenters. The van der Waals surface area contributed by atoms with Crippen molar-refractivity contribution < 1.29 is 4.74 Å². The quantitative estimate of drug-likeness (QED) is 0.509. The molecular weight excluding hydrogens is 124 g/mol. The molecule has 1 aliphatic carbocycles. The summed E-state index contributed by atoms with van der Waals surface area (Å²) in [6.45, 7) is 4.64. The van der Waals surface area contributed by atoms with Crippen LogP contribution in [-0.2, 0) is 4.74 Å². The summed E-state index contributed by atoms with van der Waals surface area (Å²) in [6.07, 6.45) is 5.39. The zero-order chi connectivity index (χ0) is 7.14. The van der Waals surface area contributed by atoms with E-state index in [0.29, 0.717) is 12.2 Å². The van der Waals surface area contributed by atoms with E-state index in [1.54, 1.807) is 0 Å². The van der Waals surface area contributed by atoms with Crippen LogP contribution in [0, 0.1) is 11.8 Å². The van der Waals surface area contributed by atoms with E-state index in [0.717, 1.165) is 11.8 Å². The van der Waals surface area contributed by atoms with Gasteiger partial charge in [-0.1, -0.05) is 20.3 Å². The van der Waals surface area contributed by atoms with Crippen LogP contribution in [0.2, 0.25) is 0 Å². The molecule has 1 saturated carbocycles. The van der Waals surface area contributed by atoms with Crippen LogP contribution < -0.4 is 0 Å². The van der Waals surface area contributed by atoms with Crippen molar-refractivity contribution in [1.82, 2.24) is 0 Å². The first-order chi connectivity index (χ1) is 4.83. The van der Waals surface area contributed by atoms with Crippen LogP contribution >= 0.6 is 0 Å². The Balaban J connectivity index is 1.97. The lowest BCUT2D eigenvalue weighted by molar-refractivity contribution is 0.257. The lowest BCUT2D eigenvalue weighted by Gasteiger charge is -2.24. The zero-order valence-electron chi connectivity index (χ0n) is 6.84. The van der Waals surface area contributed by atoms with Crippen LogP contribution in [0.4, 0.5) is 0 Å². The molecule has 0 spiro atoms. The van der Waals surface area contributed by atoms with Gasteiger partial charge in [-0.25, -0.2) is 0 Å². The van der Waals surface area contributed by atoms with Crippen molar-refractivity contribution >= 4 is 0 Å². The van der Waals surface area contributed by atoms with Gasteiger partial charge in [0.05, 0.1) is 12.2 Å². The fourth-order valence-electron chi connectivity index (χ4n) is 2.34. The highest BCUT2D eigenvalue weighted by Gasteiger charge is 2.48. The van der Waals surface area contributed by atoms with Crippen LogP contribution in [0.25, 0.3) is 0 Å². The van der Waals surface area contributed by atoms with Gasteiger partial charge in [0.15, 0.2) is 0 Å². The number of rotatable bonds is 1. The maximum Gasteiger partial charge on any atom is 0.0869 e. The van der Waals surface area contributed by atoms with Crippen molar-refractivity contribution in [3.05, 3.63) is 0 Å². The average molecular weight is 140 g/mol. The Labute approximate surface area is 62.8 Å². The minimum atomic E-state index is 0.652. The van der Waals surface area contributed by atoms with Crippen molar-refractivity contribution in [3.8, 4) is 0 Å². The number of ether oxygens (including phenoxy) is 1. The summed E-state index contributed by atoms with van der Waals surface area (Å²) in [5, 5.41) is 0. The second-order valence-electron chi connectivity index (χ2n) is 3.74. The standard InChI is InChI=1S/C9H16O/c1-3-7-4-5-8-9(10-8)6(7)2/h6-9H,3-5H2,1-2H3. The molecule has 0 amide bonds. The maximum absolute atomic E-state index is 5.52. The predicted octanol–water partition coefficient (Wildman–Crippen LogP) is 2.21. The smallest absolute Gasteiger partial charge is 0.0869 e. The van der Waals surface area contributed by atoms with Crippen LogP contribution in [0.5, 0.6) is 0 Å². The molecule has 58 valence electrons. The normalized spacial score (nSPS) is 52.2. The van der Waals surface area contributed by atoms with Gasteiger partial charge < -0.3 is 4.74 Å². The SMILES string of the molecule is CCC1CCC2OC2C1C. The first-order valence-electron chi connectivity index (χ1n) is 4.48. The molecule has 4 atom stereocenters. The number of hydrogen-bond donors (Lipinski definition) is 0. The van der Waals surface area contributed by atoms with Gasteiger partial charge in [-0.15, -0.1) is 0 Å². The van der Waals surface area contributed by atoms with E-state index in [4.69, 9.17) is 4.74 Å². The molecule has 0 bridgehead atoms. The summed E-state index contributed by atoms with van der Waals surface area (Å²) < 4.78 is 5.52. The predicted molar refractivity (Wildman–Crippen MR) is 40.8 cm³/mol. The molecular formula is C9H16O. The van der Waals surface area contributed by atoms with E-state index in [9.17, 15) is 0 Å². The van der Waals surface area contributed by atoms with Crippen molar-refractivity contribution in [2.75, 3.05) is 0 Å². The van der Waals surface area contributed by atoms with Gasteiger partial charge in [0.25, 0.3) is 0 Å². The summed E-state index contributed by atoms with van der Waals surface area (Å²) in [6, 6.07) is 0. The molecule has 1 heteroatoms. The average Bonchev–Trinajstić information content (AvgIpc) is 2.68. The molecule has 10 heavy (non-hydrogen) atoms. The Morgan fingerprint density at radius 3 is 2.90 bits per heavy atom. The van der Waals surface area contributed by atoms with Gasteiger partial charge in [0.2, 0.25) is 0 Å². The largest absolute Gasteiger partial charge is 0.369 e. The number of fused-ring (bicyclic) bond motifs is 1. The lowest BCUT2D eigenvalue weighted by atomic mass is 9.79. The minimum absolute atomic E-state index is 0.652. The number of hydrogen-bond acceptors (Lipinski definition) is 1. The van der Waals surface area contributed by atoms with E-state index in [1.165, 1.54) is 19.3 Å². The first-order valence-corrected chi connectivity index (χ1v) is 4.48. The van der Waals surface area contributed by atoms with E-state index < -0.39 is 0 Å². The van der Waals surface area contributed by atoms with Crippen LogP contribution in [0.3, 0.4) is 0 Å². The lowest BCUT2D eigenvalue weighted by Crippen LogP contribution is -2.23. The highest BCUT2D eigenvalue weighted by atomic mass is 16.6. The van der Waals surface area contributed by atoms with Gasteiger partial charge in [-0.2, -0.15) is 0 Å². The van der Waals surface area contributed by atoms with E-state index in [2.05, 4.69) is 13.8 Å². The molecule has 0 aromatic rings. The molecule has 2 fully saturated rings. The second-order valence-corrected chi connectivity index (χ2v) is 3.74. The van der Waals surface area contributed by atoms with Gasteiger partial charge in [0, 0.05) is 0 Å². The fraction of sp³-hybridized carbons (Fsp3) is 1.00. The van der Waals surface area contributed by atoms with Gasteiger partial charge in [-0.3, -0.25) is 0 Å². The molecule has 2 rings (SSSR count). The first kappa shape index (κ1) is 6.66. The monoisotopic (exact) mass is 140 g/mol. The highest BCUT2D eigenvalue weighted by molar-refractivity contribution is 4.95. The minimum Gasteiger partial charge on any atom is -0.369 e. The fourth-order valence-corrected chi connectivity index (χ4v) is 2.34. The Bertz CT molecular complexity index is 133. The Morgan fingerprint density at radius 1 is 1.40 bits per heavy atom. The highest BCUT2D eigenvalue weighted by Crippen LogP contribution is 2.44. The van der Waals surface area contributed by atoms with E-state index >= 15 is 0 Å².